The van der Waals surface area contributed by atoms with Crippen molar-refractivity contribution < 1.29 is 9.59 Å². The molecule has 21 heavy (non-hydrogen) atoms. The Morgan fingerprint density at radius 3 is 2.86 bits per heavy atom. The highest BCUT2D eigenvalue weighted by Crippen LogP contribution is 2.23. The smallest absolute Gasteiger partial charge is 0.315 e. The standard InChI is InChI=1S/C16H21N3O2/c1-4-7-17-16(21)18-13-9-15(20)19(10-13)14-6-5-11(2)12(3)8-14/h4-6,8,13H,1,7,9-10H2,2-3H3,(H2,17,18,21)/t13-/m0/s1. The van der Waals surface area contributed by atoms with Gasteiger partial charge >= 0.3 is 6.03 Å². The number of carbonyl (C=O) groups excluding carboxylic acids is 2. The first-order valence-corrected chi connectivity index (χ1v) is 7.04. The number of carbonyl (C=O) groups is 2. The second-order valence-electron chi connectivity index (χ2n) is 5.32. The molecule has 1 aromatic rings. The van der Waals surface area contributed by atoms with Gasteiger partial charge in [0, 0.05) is 25.2 Å². The summed E-state index contributed by atoms with van der Waals surface area (Å²) in [5.74, 6) is 0.0345. The Morgan fingerprint density at radius 1 is 1.43 bits per heavy atom. The van der Waals surface area contributed by atoms with Crippen LogP contribution in [0, 0.1) is 13.8 Å². The monoisotopic (exact) mass is 287 g/mol. The van der Waals surface area contributed by atoms with Gasteiger partial charge in [-0.25, -0.2) is 4.79 Å². The maximum absolute atomic E-state index is 12.1. The van der Waals surface area contributed by atoms with Gasteiger partial charge < -0.3 is 15.5 Å². The zero-order valence-corrected chi connectivity index (χ0v) is 12.5. The van der Waals surface area contributed by atoms with Gasteiger partial charge in [-0.2, -0.15) is 0 Å². The highest BCUT2D eigenvalue weighted by Gasteiger charge is 2.31. The van der Waals surface area contributed by atoms with E-state index in [1.807, 2.05) is 32.0 Å². The number of hydrogen-bond donors (Lipinski definition) is 2. The molecule has 0 aromatic heterocycles. The zero-order chi connectivity index (χ0) is 15.4. The van der Waals surface area contributed by atoms with Gasteiger partial charge in [0.25, 0.3) is 0 Å². The summed E-state index contributed by atoms with van der Waals surface area (Å²) in [4.78, 5) is 25.4. The topological polar surface area (TPSA) is 61.4 Å². The summed E-state index contributed by atoms with van der Waals surface area (Å²) < 4.78 is 0. The molecule has 0 aliphatic carbocycles. The lowest BCUT2D eigenvalue weighted by Crippen LogP contribution is -2.43. The van der Waals surface area contributed by atoms with Crippen LogP contribution in [-0.4, -0.2) is 31.1 Å². The van der Waals surface area contributed by atoms with E-state index in [4.69, 9.17) is 0 Å². The molecule has 1 saturated heterocycles. The van der Waals surface area contributed by atoms with Crippen LogP contribution in [0.1, 0.15) is 17.5 Å². The third kappa shape index (κ3) is 3.62. The van der Waals surface area contributed by atoms with Crippen LogP contribution in [0.4, 0.5) is 10.5 Å². The van der Waals surface area contributed by atoms with Gasteiger partial charge in [-0.15, -0.1) is 6.58 Å². The number of amides is 3. The molecular formula is C16H21N3O2. The molecule has 1 heterocycles. The van der Waals surface area contributed by atoms with Crippen LogP contribution in [0.25, 0.3) is 0 Å². The molecule has 1 atom stereocenters. The predicted molar refractivity (Wildman–Crippen MR) is 83.4 cm³/mol. The molecule has 1 aromatic carbocycles. The summed E-state index contributed by atoms with van der Waals surface area (Å²) in [6.45, 7) is 8.52. The third-order valence-electron chi connectivity index (χ3n) is 3.67. The summed E-state index contributed by atoms with van der Waals surface area (Å²) in [5.41, 5.74) is 3.24. The first-order valence-electron chi connectivity index (χ1n) is 7.04. The maximum Gasteiger partial charge on any atom is 0.315 e. The summed E-state index contributed by atoms with van der Waals surface area (Å²) >= 11 is 0. The second kappa shape index (κ2) is 6.43. The average molecular weight is 287 g/mol. The lowest BCUT2D eigenvalue weighted by Gasteiger charge is -2.18. The van der Waals surface area contributed by atoms with E-state index in [0.29, 0.717) is 19.5 Å². The lowest BCUT2D eigenvalue weighted by molar-refractivity contribution is -0.117. The molecule has 5 nitrogen and oxygen atoms in total. The van der Waals surface area contributed by atoms with Crippen molar-refractivity contribution in [1.82, 2.24) is 10.6 Å². The van der Waals surface area contributed by atoms with Crippen LogP contribution in [0.5, 0.6) is 0 Å². The van der Waals surface area contributed by atoms with Crippen molar-refractivity contribution in [3.8, 4) is 0 Å². The van der Waals surface area contributed by atoms with Gasteiger partial charge in [0.2, 0.25) is 5.91 Å². The molecule has 0 unspecified atom stereocenters. The highest BCUT2D eigenvalue weighted by molar-refractivity contribution is 5.96. The molecule has 0 bridgehead atoms. The van der Waals surface area contributed by atoms with Gasteiger partial charge in [0.1, 0.15) is 0 Å². The number of benzene rings is 1. The van der Waals surface area contributed by atoms with Crippen molar-refractivity contribution in [3.63, 3.8) is 0 Å². The van der Waals surface area contributed by atoms with E-state index in [-0.39, 0.29) is 18.0 Å². The van der Waals surface area contributed by atoms with Crippen LogP contribution < -0.4 is 15.5 Å². The number of nitrogens with one attached hydrogen (secondary N) is 2. The first kappa shape index (κ1) is 15.1. The number of rotatable bonds is 4. The molecule has 0 saturated carbocycles. The van der Waals surface area contributed by atoms with E-state index in [2.05, 4.69) is 17.2 Å². The van der Waals surface area contributed by atoms with Gasteiger partial charge in [-0.3, -0.25) is 4.79 Å². The van der Waals surface area contributed by atoms with Crippen molar-refractivity contribution in [2.75, 3.05) is 18.0 Å². The molecule has 1 aliphatic rings. The molecule has 3 amide bonds. The number of nitrogens with zero attached hydrogens (tertiary/aromatic N) is 1. The number of hydrogen-bond acceptors (Lipinski definition) is 2. The van der Waals surface area contributed by atoms with Crippen LogP contribution in [-0.2, 0) is 4.79 Å². The van der Waals surface area contributed by atoms with Gasteiger partial charge in [-0.05, 0) is 37.1 Å². The molecule has 0 radical (unpaired) electrons. The number of urea groups is 1. The molecule has 5 heteroatoms. The van der Waals surface area contributed by atoms with E-state index < -0.39 is 0 Å². The summed E-state index contributed by atoms with van der Waals surface area (Å²) in [5, 5.41) is 5.46. The van der Waals surface area contributed by atoms with Gasteiger partial charge in [0.15, 0.2) is 0 Å². The van der Waals surface area contributed by atoms with Crippen molar-refractivity contribution >= 4 is 17.6 Å². The predicted octanol–water partition coefficient (Wildman–Crippen LogP) is 1.89. The summed E-state index contributed by atoms with van der Waals surface area (Å²) in [7, 11) is 0. The fourth-order valence-corrected chi connectivity index (χ4v) is 2.35. The first-order chi connectivity index (χ1) is 10.0. The zero-order valence-electron chi connectivity index (χ0n) is 12.5. The maximum atomic E-state index is 12.1. The van der Waals surface area contributed by atoms with Crippen LogP contribution >= 0.6 is 0 Å². The minimum atomic E-state index is -0.269. The van der Waals surface area contributed by atoms with Gasteiger partial charge in [0.05, 0.1) is 6.04 Å². The Kier molecular flexibility index (Phi) is 4.62. The molecule has 1 fully saturated rings. The van der Waals surface area contributed by atoms with Crippen LogP contribution in [0.3, 0.4) is 0 Å². The average Bonchev–Trinajstić information content (AvgIpc) is 2.80. The molecule has 112 valence electrons. The normalized spacial score (nSPS) is 17.7. The highest BCUT2D eigenvalue weighted by atomic mass is 16.2. The van der Waals surface area contributed by atoms with Crippen LogP contribution in [0.15, 0.2) is 30.9 Å². The van der Waals surface area contributed by atoms with E-state index in [9.17, 15) is 9.59 Å². The second-order valence-corrected chi connectivity index (χ2v) is 5.32. The lowest BCUT2D eigenvalue weighted by atomic mass is 10.1. The SMILES string of the molecule is C=CCNC(=O)N[C@H]1CC(=O)N(c2ccc(C)c(C)c2)C1. The summed E-state index contributed by atoms with van der Waals surface area (Å²) in [6, 6.07) is 5.53. The van der Waals surface area contributed by atoms with Crippen molar-refractivity contribution in [2.45, 2.75) is 26.3 Å². The fraction of sp³-hybridized carbons (Fsp3) is 0.375. The Morgan fingerprint density at radius 2 is 2.19 bits per heavy atom. The Bertz CT molecular complexity index is 569. The molecule has 2 rings (SSSR count). The number of aryl methyl sites for hydroxylation is 2. The Labute approximate surface area is 125 Å². The van der Waals surface area contributed by atoms with Crippen molar-refractivity contribution in [1.29, 1.82) is 0 Å². The summed E-state index contributed by atoms with van der Waals surface area (Å²) in [6.07, 6.45) is 1.94. The van der Waals surface area contributed by atoms with E-state index in [1.165, 1.54) is 5.56 Å². The fourth-order valence-electron chi connectivity index (χ4n) is 2.35. The molecule has 1 aliphatic heterocycles. The van der Waals surface area contributed by atoms with E-state index in [1.54, 1.807) is 11.0 Å². The van der Waals surface area contributed by atoms with Crippen molar-refractivity contribution in [2.24, 2.45) is 0 Å². The minimum absolute atomic E-state index is 0.0345. The quantitative estimate of drug-likeness (QED) is 0.831. The van der Waals surface area contributed by atoms with E-state index in [0.717, 1.165) is 11.3 Å². The van der Waals surface area contributed by atoms with Crippen LogP contribution in [0.2, 0.25) is 0 Å². The van der Waals surface area contributed by atoms with Gasteiger partial charge in [-0.1, -0.05) is 12.1 Å². The molecule has 2 N–H and O–H groups in total. The Balaban J connectivity index is 2.00. The minimum Gasteiger partial charge on any atom is -0.335 e. The van der Waals surface area contributed by atoms with E-state index >= 15 is 0 Å². The van der Waals surface area contributed by atoms with Crippen molar-refractivity contribution in [3.05, 3.63) is 42.0 Å². The molecule has 0 spiro atoms. The Hall–Kier alpha value is -2.30. The molecular weight excluding hydrogens is 266 g/mol. The number of anilines is 1. The third-order valence-corrected chi connectivity index (χ3v) is 3.67. The largest absolute Gasteiger partial charge is 0.335 e.